The van der Waals surface area contributed by atoms with Crippen LogP contribution < -0.4 is 5.43 Å². The summed E-state index contributed by atoms with van der Waals surface area (Å²) in [4.78, 5) is 16.5. The summed E-state index contributed by atoms with van der Waals surface area (Å²) in [6.07, 6.45) is 3.36. The van der Waals surface area contributed by atoms with E-state index in [0.717, 1.165) is 16.7 Å². The lowest BCUT2D eigenvalue weighted by atomic mass is 10.0. The van der Waals surface area contributed by atoms with Crippen molar-refractivity contribution in [2.24, 2.45) is 0 Å². The molecule has 0 aliphatic heterocycles. The Bertz CT molecular complexity index is 1020. The van der Waals surface area contributed by atoms with Crippen LogP contribution >= 0.6 is 0 Å². The standard InChI is InChI=1S/C20H13NO2/c22-18-13-20(15-8-10-21-11-9-15)23-19-7-6-16(12-17(18)19)14-4-2-1-3-5-14/h1-13H. The molecule has 4 rings (SSSR count). The van der Waals surface area contributed by atoms with Gasteiger partial charge in [0.15, 0.2) is 5.43 Å². The zero-order valence-electron chi connectivity index (χ0n) is 12.3. The van der Waals surface area contributed by atoms with E-state index in [9.17, 15) is 4.79 Å². The molecule has 0 aliphatic carbocycles. The van der Waals surface area contributed by atoms with E-state index in [2.05, 4.69) is 4.98 Å². The highest BCUT2D eigenvalue weighted by Gasteiger charge is 2.08. The molecule has 2 aromatic heterocycles. The molecule has 0 bridgehead atoms. The second-order valence-electron chi connectivity index (χ2n) is 5.29. The molecule has 0 radical (unpaired) electrons. The number of hydrogen-bond acceptors (Lipinski definition) is 3. The van der Waals surface area contributed by atoms with Crippen molar-refractivity contribution in [2.45, 2.75) is 0 Å². The predicted molar refractivity (Wildman–Crippen MR) is 91.2 cm³/mol. The van der Waals surface area contributed by atoms with Gasteiger partial charge in [0.1, 0.15) is 11.3 Å². The second kappa shape index (κ2) is 5.54. The largest absolute Gasteiger partial charge is 0.456 e. The summed E-state index contributed by atoms with van der Waals surface area (Å²) in [5, 5.41) is 0.587. The van der Waals surface area contributed by atoms with Crippen molar-refractivity contribution in [3.05, 3.63) is 89.3 Å². The third kappa shape index (κ3) is 2.53. The SMILES string of the molecule is O=c1cc(-c2ccncc2)oc2ccc(-c3ccccc3)cc12. The first-order valence-corrected chi connectivity index (χ1v) is 7.35. The van der Waals surface area contributed by atoms with Gasteiger partial charge in [0, 0.05) is 24.0 Å². The molecule has 3 nitrogen and oxygen atoms in total. The Morgan fingerprint density at radius 1 is 0.739 bits per heavy atom. The minimum Gasteiger partial charge on any atom is -0.456 e. The number of pyridine rings is 1. The number of aromatic nitrogens is 1. The Morgan fingerprint density at radius 2 is 1.52 bits per heavy atom. The summed E-state index contributed by atoms with van der Waals surface area (Å²) in [5.41, 5.74) is 3.46. The first-order valence-electron chi connectivity index (χ1n) is 7.35. The zero-order valence-corrected chi connectivity index (χ0v) is 12.3. The average molecular weight is 299 g/mol. The fourth-order valence-corrected chi connectivity index (χ4v) is 2.62. The molecule has 110 valence electrons. The van der Waals surface area contributed by atoms with Gasteiger partial charge in [-0.15, -0.1) is 0 Å². The molecule has 0 saturated carbocycles. The van der Waals surface area contributed by atoms with Crippen LogP contribution in [0.5, 0.6) is 0 Å². The van der Waals surface area contributed by atoms with Crippen LogP contribution in [-0.4, -0.2) is 4.98 Å². The molecular formula is C20H13NO2. The Kier molecular flexibility index (Phi) is 3.24. The van der Waals surface area contributed by atoms with E-state index < -0.39 is 0 Å². The summed E-state index contributed by atoms with van der Waals surface area (Å²) < 4.78 is 5.89. The first kappa shape index (κ1) is 13.5. The molecule has 0 atom stereocenters. The van der Waals surface area contributed by atoms with Crippen molar-refractivity contribution in [3.8, 4) is 22.5 Å². The maximum absolute atomic E-state index is 12.5. The van der Waals surface area contributed by atoms with E-state index in [1.54, 1.807) is 12.4 Å². The summed E-state index contributed by atoms with van der Waals surface area (Å²) in [6.45, 7) is 0. The third-order valence-corrected chi connectivity index (χ3v) is 3.80. The molecule has 2 aromatic carbocycles. The highest BCUT2D eigenvalue weighted by atomic mass is 16.3. The monoisotopic (exact) mass is 299 g/mol. The van der Waals surface area contributed by atoms with E-state index in [-0.39, 0.29) is 5.43 Å². The van der Waals surface area contributed by atoms with Gasteiger partial charge in [-0.1, -0.05) is 36.4 Å². The number of nitrogens with zero attached hydrogens (tertiary/aromatic N) is 1. The lowest BCUT2D eigenvalue weighted by Crippen LogP contribution is -2.00. The predicted octanol–water partition coefficient (Wildman–Crippen LogP) is 4.52. The molecule has 4 aromatic rings. The number of hydrogen-bond donors (Lipinski definition) is 0. The quantitative estimate of drug-likeness (QED) is 0.546. The smallest absolute Gasteiger partial charge is 0.193 e. The molecule has 0 amide bonds. The van der Waals surface area contributed by atoms with E-state index in [4.69, 9.17) is 4.42 Å². The van der Waals surface area contributed by atoms with Gasteiger partial charge in [0.2, 0.25) is 0 Å². The van der Waals surface area contributed by atoms with Crippen molar-refractivity contribution >= 4 is 11.0 Å². The number of benzene rings is 2. The van der Waals surface area contributed by atoms with Crippen molar-refractivity contribution in [2.75, 3.05) is 0 Å². The van der Waals surface area contributed by atoms with Crippen LogP contribution in [0.3, 0.4) is 0 Å². The summed E-state index contributed by atoms with van der Waals surface area (Å²) in [5.74, 6) is 0.553. The highest BCUT2D eigenvalue weighted by Crippen LogP contribution is 2.26. The maximum atomic E-state index is 12.5. The van der Waals surface area contributed by atoms with Gasteiger partial charge in [0.05, 0.1) is 5.39 Å². The average Bonchev–Trinajstić information content (AvgIpc) is 2.63. The Morgan fingerprint density at radius 3 is 2.30 bits per heavy atom. The van der Waals surface area contributed by atoms with Crippen LogP contribution in [0.15, 0.2) is 88.3 Å². The van der Waals surface area contributed by atoms with Crippen molar-refractivity contribution < 1.29 is 4.42 Å². The summed E-state index contributed by atoms with van der Waals surface area (Å²) in [7, 11) is 0. The lowest BCUT2D eigenvalue weighted by molar-refractivity contribution is 0.619. The Balaban J connectivity index is 1.88. The van der Waals surface area contributed by atoms with Gasteiger partial charge in [-0.2, -0.15) is 0 Å². The molecule has 0 N–H and O–H groups in total. The minimum atomic E-state index is -0.0455. The van der Waals surface area contributed by atoms with Crippen molar-refractivity contribution in [1.82, 2.24) is 4.98 Å². The molecule has 0 aliphatic rings. The highest BCUT2D eigenvalue weighted by molar-refractivity contribution is 5.84. The van der Waals surface area contributed by atoms with Gasteiger partial charge in [-0.05, 0) is 35.4 Å². The molecule has 3 heteroatoms. The number of rotatable bonds is 2. The van der Waals surface area contributed by atoms with Crippen LogP contribution in [0, 0.1) is 0 Å². The molecule has 0 saturated heterocycles. The number of fused-ring (bicyclic) bond motifs is 1. The normalized spacial score (nSPS) is 10.8. The fraction of sp³-hybridized carbons (Fsp3) is 0. The summed E-state index contributed by atoms with van der Waals surface area (Å²) >= 11 is 0. The zero-order chi connectivity index (χ0) is 15.6. The molecule has 0 spiro atoms. The Labute approximate surface area is 132 Å². The minimum absolute atomic E-state index is 0.0455. The van der Waals surface area contributed by atoms with E-state index in [1.807, 2.05) is 60.7 Å². The maximum Gasteiger partial charge on any atom is 0.193 e. The van der Waals surface area contributed by atoms with Crippen LogP contribution in [0.2, 0.25) is 0 Å². The molecule has 23 heavy (non-hydrogen) atoms. The molecule has 2 heterocycles. The van der Waals surface area contributed by atoms with Gasteiger partial charge >= 0.3 is 0 Å². The van der Waals surface area contributed by atoms with Crippen molar-refractivity contribution in [3.63, 3.8) is 0 Å². The van der Waals surface area contributed by atoms with Crippen molar-refractivity contribution in [1.29, 1.82) is 0 Å². The lowest BCUT2D eigenvalue weighted by Gasteiger charge is -2.05. The van der Waals surface area contributed by atoms with Gasteiger partial charge in [0.25, 0.3) is 0 Å². The van der Waals surface area contributed by atoms with E-state index in [1.165, 1.54) is 6.07 Å². The molecule has 0 unspecified atom stereocenters. The molecule has 0 fully saturated rings. The second-order valence-corrected chi connectivity index (χ2v) is 5.29. The van der Waals surface area contributed by atoms with Crippen LogP contribution in [0.25, 0.3) is 33.4 Å². The van der Waals surface area contributed by atoms with Gasteiger partial charge in [-0.25, -0.2) is 0 Å². The fourth-order valence-electron chi connectivity index (χ4n) is 2.62. The molecular weight excluding hydrogens is 286 g/mol. The van der Waals surface area contributed by atoms with Crippen LogP contribution in [0.1, 0.15) is 0 Å². The van der Waals surface area contributed by atoms with Gasteiger partial charge < -0.3 is 4.42 Å². The van der Waals surface area contributed by atoms with Crippen LogP contribution in [0.4, 0.5) is 0 Å². The first-order chi connectivity index (χ1) is 11.3. The third-order valence-electron chi connectivity index (χ3n) is 3.80. The van der Waals surface area contributed by atoms with Gasteiger partial charge in [-0.3, -0.25) is 9.78 Å². The summed E-state index contributed by atoms with van der Waals surface area (Å²) in [6, 6.07) is 20.9. The van der Waals surface area contributed by atoms with E-state index >= 15 is 0 Å². The van der Waals surface area contributed by atoms with E-state index in [0.29, 0.717) is 16.7 Å². The van der Waals surface area contributed by atoms with Crippen LogP contribution in [-0.2, 0) is 0 Å². The Hall–Kier alpha value is -3.20. The topological polar surface area (TPSA) is 43.1 Å².